The molecule has 2 heterocycles. The van der Waals surface area contributed by atoms with Crippen LogP contribution in [0.15, 0.2) is 21.3 Å². The maximum Gasteiger partial charge on any atom is 0.339 e. The summed E-state index contributed by atoms with van der Waals surface area (Å²) >= 11 is 0. The van der Waals surface area contributed by atoms with E-state index in [4.69, 9.17) is 4.42 Å². The summed E-state index contributed by atoms with van der Waals surface area (Å²) < 4.78 is 5.29. The third-order valence-corrected chi connectivity index (χ3v) is 4.62. The third kappa shape index (κ3) is 3.18. The molecule has 2 N–H and O–H groups in total. The molecule has 0 amide bonds. The number of aryl methyl sites for hydroxylation is 1. The minimum Gasteiger partial charge on any atom is -0.508 e. The zero-order chi connectivity index (χ0) is 16.6. The second-order valence-corrected chi connectivity index (χ2v) is 6.23. The van der Waals surface area contributed by atoms with Crippen LogP contribution in [0, 0.1) is 6.92 Å². The molecule has 1 aromatic heterocycles. The fourth-order valence-corrected chi connectivity index (χ4v) is 3.14. The van der Waals surface area contributed by atoms with E-state index < -0.39 is 5.63 Å². The molecule has 0 aliphatic carbocycles. The number of nitrogens with zero attached hydrogens (tertiary/aromatic N) is 2. The van der Waals surface area contributed by atoms with Gasteiger partial charge in [-0.25, -0.2) is 4.79 Å². The number of piperazine rings is 1. The van der Waals surface area contributed by atoms with Crippen LogP contribution >= 0.6 is 0 Å². The Labute approximate surface area is 134 Å². The van der Waals surface area contributed by atoms with Gasteiger partial charge in [-0.1, -0.05) is 0 Å². The van der Waals surface area contributed by atoms with Crippen LogP contribution in [-0.4, -0.2) is 59.8 Å². The Kier molecular flexibility index (Phi) is 4.28. The van der Waals surface area contributed by atoms with Gasteiger partial charge in [-0.05, 0) is 26.0 Å². The Hall–Kier alpha value is -2.05. The summed E-state index contributed by atoms with van der Waals surface area (Å²) in [5.41, 5.74) is 1.14. The number of phenols is 2. The van der Waals surface area contributed by atoms with Crippen molar-refractivity contribution in [1.29, 1.82) is 0 Å². The van der Waals surface area contributed by atoms with Crippen molar-refractivity contribution in [3.05, 3.63) is 33.7 Å². The molecule has 1 aliphatic rings. The predicted molar refractivity (Wildman–Crippen MR) is 88.2 cm³/mol. The van der Waals surface area contributed by atoms with Gasteiger partial charge >= 0.3 is 5.63 Å². The summed E-state index contributed by atoms with van der Waals surface area (Å²) in [7, 11) is 2.11. The van der Waals surface area contributed by atoms with E-state index in [0.29, 0.717) is 17.4 Å². The number of phenolic OH excluding ortho intramolecular Hbond substituents is 2. The van der Waals surface area contributed by atoms with Crippen molar-refractivity contribution in [3.8, 4) is 11.5 Å². The summed E-state index contributed by atoms with van der Waals surface area (Å²) in [4.78, 5) is 16.9. The minimum absolute atomic E-state index is 0.0675. The van der Waals surface area contributed by atoms with E-state index in [-0.39, 0.29) is 17.1 Å². The molecule has 0 bridgehead atoms. The smallest absolute Gasteiger partial charge is 0.339 e. The lowest BCUT2D eigenvalue weighted by Gasteiger charge is -2.32. The highest BCUT2D eigenvalue weighted by Gasteiger charge is 2.18. The van der Waals surface area contributed by atoms with Gasteiger partial charge in [0, 0.05) is 50.4 Å². The van der Waals surface area contributed by atoms with Gasteiger partial charge in [-0.3, -0.25) is 0 Å². The quantitative estimate of drug-likeness (QED) is 0.831. The number of rotatable bonds is 3. The van der Waals surface area contributed by atoms with E-state index in [2.05, 4.69) is 16.8 Å². The number of likely N-dealkylation sites (N-methyl/N-ethyl adjacent to an activating group) is 1. The fourth-order valence-electron chi connectivity index (χ4n) is 3.14. The first-order valence-corrected chi connectivity index (χ1v) is 7.85. The van der Waals surface area contributed by atoms with Crippen molar-refractivity contribution in [1.82, 2.24) is 9.80 Å². The van der Waals surface area contributed by atoms with Gasteiger partial charge in [0.25, 0.3) is 0 Å². The summed E-state index contributed by atoms with van der Waals surface area (Å²) in [6.07, 6.45) is 0.591. The fraction of sp³-hybridized carbons (Fsp3) is 0.471. The van der Waals surface area contributed by atoms with E-state index in [0.717, 1.165) is 38.3 Å². The Morgan fingerprint density at radius 2 is 1.87 bits per heavy atom. The van der Waals surface area contributed by atoms with Crippen molar-refractivity contribution < 1.29 is 14.6 Å². The van der Waals surface area contributed by atoms with Crippen LogP contribution in [-0.2, 0) is 6.42 Å². The molecular weight excluding hydrogens is 296 g/mol. The second kappa shape index (κ2) is 6.22. The van der Waals surface area contributed by atoms with Gasteiger partial charge in [0.05, 0.1) is 5.39 Å². The van der Waals surface area contributed by atoms with Crippen molar-refractivity contribution >= 4 is 11.0 Å². The molecule has 6 nitrogen and oxygen atoms in total. The summed E-state index contributed by atoms with van der Waals surface area (Å²) in [6, 6.07) is 2.62. The maximum absolute atomic E-state index is 12.2. The predicted octanol–water partition coefficient (Wildman–Crippen LogP) is 1.30. The molecule has 0 unspecified atom stereocenters. The molecule has 6 heteroatoms. The van der Waals surface area contributed by atoms with E-state index in [1.54, 1.807) is 0 Å². The van der Waals surface area contributed by atoms with Crippen LogP contribution < -0.4 is 5.63 Å². The van der Waals surface area contributed by atoms with Crippen LogP contribution in [0.4, 0.5) is 0 Å². The Morgan fingerprint density at radius 3 is 2.57 bits per heavy atom. The molecule has 1 aliphatic heterocycles. The zero-order valence-corrected chi connectivity index (χ0v) is 13.5. The van der Waals surface area contributed by atoms with E-state index in [9.17, 15) is 15.0 Å². The zero-order valence-electron chi connectivity index (χ0n) is 13.5. The molecule has 1 aromatic carbocycles. The molecule has 1 saturated heterocycles. The number of hydrogen-bond acceptors (Lipinski definition) is 6. The van der Waals surface area contributed by atoms with E-state index in [1.807, 2.05) is 6.92 Å². The highest BCUT2D eigenvalue weighted by molar-refractivity contribution is 5.88. The lowest BCUT2D eigenvalue weighted by atomic mass is 10.0. The molecule has 23 heavy (non-hydrogen) atoms. The summed E-state index contributed by atoms with van der Waals surface area (Å²) in [6.45, 7) is 6.66. The number of aromatic hydroxyl groups is 2. The number of benzene rings is 1. The van der Waals surface area contributed by atoms with Crippen molar-refractivity contribution in [3.63, 3.8) is 0 Å². The molecule has 1 fully saturated rings. The maximum atomic E-state index is 12.2. The highest BCUT2D eigenvalue weighted by atomic mass is 16.4. The molecule has 0 radical (unpaired) electrons. The standard InChI is InChI=1S/C17H22N2O4/c1-11-13(3-4-19-7-5-18(2)6-8-19)17(22)23-15-10-12(20)9-14(21)16(11)15/h9-10,20-21H,3-8H2,1-2H3. The molecule has 2 aromatic rings. The topological polar surface area (TPSA) is 77.2 Å². The lowest BCUT2D eigenvalue weighted by Crippen LogP contribution is -2.45. The molecule has 0 saturated carbocycles. The van der Waals surface area contributed by atoms with Crippen LogP contribution in [0.1, 0.15) is 11.1 Å². The van der Waals surface area contributed by atoms with E-state index >= 15 is 0 Å². The highest BCUT2D eigenvalue weighted by Crippen LogP contribution is 2.32. The molecule has 0 spiro atoms. The summed E-state index contributed by atoms with van der Waals surface area (Å²) in [5, 5.41) is 20.1. The second-order valence-electron chi connectivity index (χ2n) is 6.23. The Bertz CT molecular complexity index is 776. The average molecular weight is 318 g/mol. The normalized spacial score (nSPS) is 17.0. The van der Waals surface area contributed by atoms with Crippen LogP contribution in [0.25, 0.3) is 11.0 Å². The average Bonchev–Trinajstić information content (AvgIpc) is 2.47. The van der Waals surface area contributed by atoms with Gasteiger partial charge in [-0.15, -0.1) is 0 Å². The molecular formula is C17H22N2O4. The van der Waals surface area contributed by atoms with Gasteiger partial charge in [-0.2, -0.15) is 0 Å². The first kappa shape index (κ1) is 15.8. The number of hydrogen-bond donors (Lipinski definition) is 2. The van der Waals surface area contributed by atoms with Crippen molar-refractivity contribution in [2.45, 2.75) is 13.3 Å². The van der Waals surface area contributed by atoms with Crippen molar-refractivity contribution in [2.75, 3.05) is 39.8 Å². The SMILES string of the molecule is Cc1c(CCN2CCN(C)CC2)c(=O)oc2cc(O)cc(O)c12. The Balaban J connectivity index is 1.87. The van der Waals surface area contributed by atoms with E-state index in [1.165, 1.54) is 12.1 Å². The molecule has 124 valence electrons. The molecule has 3 rings (SSSR count). The first-order valence-electron chi connectivity index (χ1n) is 7.85. The van der Waals surface area contributed by atoms with Gasteiger partial charge in [0.15, 0.2) is 0 Å². The third-order valence-electron chi connectivity index (χ3n) is 4.62. The van der Waals surface area contributed by atoms with Crippen molar-refractivity contribution in [2.24, 2.45) is 0 Å². The van der Waals surface area contributed by atoms with Gasteiger partial charge < -0.3 is 24.4 Å². The van der Waals surface area contributed by atoms with Crippen LogP contribution in [0.5, 0.6) is 11.5 Å². The minimum atomic E-state index is -0.394. The van der Waals surface area contributed by atoms with Crippen LogP contribution in [0.2, 0.25) is 0 Å². The largest absolute Gasteiger partial charge is 0.508 e. The lowest BCUT2D eigenvalue weighted by molar-refractivity contribution is 0.155. The summed E-state index contributed by atoms with van der Waals surface area (Å²) in [5.74, 6) is -0.190. The molecule has 0 atom stereocenters. The van der Waals surface area contributed by atoms with Crippen LogP contribution in [0.3, 0.4) is 0 Å². The number of fused-ring (bicyclic) bond motifs is 1. The Morgan fingerprint density at radius 1 is 1.17 bits per heavy atom. The monoisotopic (exact) mass is 318 g/mol. The first-order chi connectivity index (χ1) is 11.0. The van der Waals surface area contributed by atoms with Gasteiger partial charge in [0.2, 0.25) is 0 Å². The van der Waals surface area contributed by atoms with Gasteiger partial charge in [0.1, 0.15) is 17.1 Å².